The van der Waals surface area contributed by atoms with Crippen molar-refractivity contribution >= 4 is 33.3 Å². The maximum Gasteiger partial charge on any atom is 0.516 e. The summed E-state index contributed by atoms with van der Waals surface area (Å²) in [6.07, 6.45) is 0. The van der Waals surface area contributed by atoms with Crippen molar-refractivity contribution in [2.24, 2.45) is 0 Å². The molecule has 25 heavy (non-hydrogen) atoms. The number of esters is 1. The molecule has 0 bridgehead atoms. The SMILES string of the molecule is CC(=O)Nc1cc(N(COC(C)=O)S(=O)(=O)C(F)(F)F)c(C)cc1C. The zero-order valence-electron chi connectivity index (χ0n) is 13.9. The summed E-state index contributed by atoms with van der Waals surface area (Å²) in [5, 5.41) is 2.40. The Morgan fingerprint density at radius 2 is 1.72 bits per heavy atom. The van der Waals surface area contributed by atoms with E-state index in [1.54, 1.807) is 6.92 Å². The van der Waals surface area contributed by atoms with Gasteiger partial charge in [-0.1, -0.05) is 6.07 Å². The molecule has 11 heteroatoms. The maximum atomic E-state index is 13.0. The van der Waals surface area contributed by atoms with Crippen molar-refractivity contribution in [2.75, 3.05) is 16.4 Å². The van der Waals surface area contributed by atoms with Crippen molar-refractivity contribution < 1.29 is 35.9 Å². The van der Waals surface area contributed by atoms with Gasteiger partial charge in [0, 0.05) is 19.5 Å². The van der Waals surface area contributed by atoms with Gasteiger partial charge in [0.05, 0.1) is 5.69 Å². The minimum Gasteiger partial charge on any atom is -0.443 e. The van der Waals surface area contributed by atoms with Gasteiger partial charge in [-0.05, 0) is 31.0 Å². The lowest BCUT2D eigenvalue weighted by Gasteiger charge is -2.27. The van der Waals surface area contributed by atoms with Crippen molar-refractivity contribution in [1.82, 2.24) is 0 Å². The van der Waals surface area contributed by atoms with Crippen LogP contribution in [0.4, 0.5) is 24.5 Å². The molecule has 1 rings (SSSR count). The molecule has 0 aliphatic carbocycles. The molecule has 0 aliphatic heterocycles. The molecule has 0 spiro atoms. The van der Waals surface area contributed by atoms with E-state index in [4.69, 9.17) is 0 Å². The van der Waals surface area contributed by atoms with Gasteiger partial charge in [-0.15, -0.1) is 0 Å². The van der Waals surface area contributed by atoms with Gasteiger partial charge < -0.3 is 10.1 Å². The van der Waals surface area contributed by atoms with Crippen molar-refractivity contribution in [3.05, 3.63) is 23.3 Å². The molecule has 1 aromatic carbocycles. The normalized spacial score (nSPS) is 11.8. The third kappa shape index (κ3) is 4.84. The second kappa shape index (κ2) is 7.30. The number of amides is 1. The van der Waals surface area contributed by atoms with E-state index in [-0.39, 0.29) is 21.2 Å². The monoisotopic (exact) mass is 382 g/mol. The summed E-state index contributed by atoms with van der Waals surface area (Å²) >= 11 is 0. The molecule has 0 saturated carbocycles. The fraction of sp³-hybridized carbons (Fsp3) is 0.429. The smallest absolute Gasteiger partial charge is 0.443 e. The van der Waals surface area contributed by atoms with E-state index in [2.05, 4.69) is 10.1 Å². The van der Waals surface area contributed by atoms with E-state index in [9.17, 15) is 31.2 Å². The standard InChI is InChI=1S/C14H17F3N2O5S/c1-8-5-9(2)13(6-12(8)18-10(3)20)19(7-24-11(4)21)25(22,23)14(15,16)17/h5-6H,7H2,1-4H3,(H,18,20). The highest BCUT2D eigenvalue weighted by Gasteiger charge is 2.51. The van der Waals surface area contributed by atoms with E-state index in [0.29, 0.717) is 5.56 Å². The Labute approximate surface area is 142 Å². The van der Waals surface area contributed by atoms with Gasteiger partial charge in [0.2, 0.25) is 5.91 Å². The molecule has 1 aromatic rings. The van der Waals surface area contributed by atoms with Crippen molar-refractivity contribution in [3.8, 4) is 0 Å². The minimum absolute atomic E-state index is 0.0610. The lowest BCUT2D eigenvalue weighted by atomic mass is 10.1. The highest BCUT2D eigenvalue weighted by Crippen LogP contribution is 2.35. The molecule has 1 amide bonds. The first-order valence-corrected chi connectivity index (χ1v) is 8.32. The van der Waals surface area contributed by atoms with Crippen LogP contribution in [0, 0.1) is 13.8 Å². The zero-order chi connectivity index (χ0) is 19.6. The number of hydrogen-bond acceptors (Lipinski definition) is 5. The lowest BCUT2D eigenvalue weighted by molar-refractivity contribution is -0.140. The van der Waals surface area contributed by atoms with Crippen LogP contribution in [0.15, 0.2) is 12.1 Å². The molecule has 1 N–H and O–H groups in total. The Hall–Kier alpha value is -2.30. The summed E-state index contributed by atoms with van der Waals surface area (Å²) in [6.45, 7) is 3.97. The number of halogens is 3. The number of carbonyl (C=O) groups is 2. The quantitative estimate of drug-likeness (QED) is 0.624. The van der Waals surface area contributed by atoms with Crippen LogP contribution in [0.3, 0.4) is 0 Å². The third-order valence-corrected chi connectivity index (χ3v) is 4.56. The number of benzene rings is 1. The van der Waals surface area contributed by atoms with Gasteiger partial charge in [0.15, 0.2) is 6.73 Å². The van der Waals surface area contributed by atoms with Crippen LogP contribution >= 0.6 is 0 Å². The highest BCUT2D eigenvalue weighted by molar-refractivity contribution is 7.93. The number of alkyl halides is 3. The molecule has 0 radical (unpaired) electrons. The summed E-state index contributed by atoms with van der Waals surface area (Å²) in [7, 11) is -5.82. The second-order valence-corrected chi connectivity index (χ2v) is 7.05. The molecular weight excluding hydrogens is 365 g/mol. The summed E-state index contributed by atoms with van der Waals surface area (Å²) < 4.78 is 67.0. The summed E-state index contributed by atoms with van der Waals surface area (Å²) in [5.41, 5.74) is -5.12. The molecule has 0 fully saturated rings. The molecule has 140 valence electrons. The molecule has 0 aromatic heterocycles. The Kier molecular flexibility index (Phi) is 6.05. The van der Waals surface area contributed by atoms with Crippen LogP contribution in [-0.2, 0) is 24.3 Å². The zero-order valence-corrected chi connectivity index (χ0v) is 14.7. The molecule has 0 heterocycles. The Morgan fingerprint density at radius 1 is 1.16 bits per heavy atom. The van der Waals surface area contributed by atoms with Gasteiger partial charge in [-0.2, -0.15) is 21.6 Å². The summed E-state index contributed by atoms with van der Waals surface area (Å²) in [4.78, 5) is 22.1. The number of rotatable bonds is 5. The van der Waals surface area contributed by atoms with Crippen LogP contribution in [0.5, 0.6) is 0 Å². The average molecular weight is 382 g/mol. The van der Waals surface area contributed by atoms with Gasteiger partial charge in [0.1, 0.15) is 0 Å². The fourth-order valence-corrected chi connectivity index (χ4v) is 2.87. The molecule has 0 unspecified atom stereocenters. The van der Waals surface area contributed by atoms with Gasteiger partial charge in [-0.25, -0.2) is 4.31 Å². The predicted molar refractivity (Wildman–Crippen MR) is 84.3 cm³/mol. The number of nitrogens with one attached hydrogen (secondary N) is 1. The Morgan fingerprint density at radius 3 is 2.16 bits per heavy atom. The van der Waals surface area contributed by atoms with Gasteiger partial charge in [0.25, 0.3) is 0 Å². The van der Waals surface area contributed by atoms with E-state index >= 15 is 0 Å². The number of anilines is 2. The topological polar surface area (TPSA) is 92.8 Å². The lowest BCUT2D eigenvalue weighted by Crippen LogP contribution is -2.43. The number of sulfonamides is 1. The number of hydrogen-bond donors (Lipinski definition) is 1. The molecule has 0 saturated heterocycles. The predicted octanol–water partition coefficient (Wildman–Crippen LogP) is 2.44. The molecular formula is C14H17F3N2O5S. The number of nitrogens with zero attached hydrogens (tertiary/aromatic N) is 1. The van der Waals surface area contributed by atoms with Crippen LogP contribution in [-0.4, -0.2) is 32.5 Å². The number of carbonyl (C=O) groups excluding carboxylic acids is 2. The fourth-order valence-electron chi connectivity index (χ4n) is 1.98. The maximum absolute atomic E-state index is 13.0. The van der Waals surface area contributed by atoms with E-state index in [1.807, 2.05) is 0 Å². The van der Waals surface area contributed by atoms with Crippen LogP contribution < -0.4 is 9.62 Å². The minimum atomic E-state index is -5.82. The van der Waals surface area contributed by atoms with Crippen LogP contribution in [0.25, 0.3) is 0 Å². The van der Waals surface area contributed by atoms with E-state index < -0.39 is 34.1 Å². The van der Waals surface area contributed by atoms with E-state index in [0.717, 1.165) is 13.0 Å². The van der Waals surface area contributed by atoms with E-state index in [1.165, 1.54) is 19.9 Å². The van der Waals surface area contributed by atoms with Crippen molar-refractivity contribution in [1.29, 1.82) is 0 Å². The van der Waals surface area contributed by atoms with Crippen LogP contribution in [0.1, 0.15) is 25.0 Å². The summed E-state index contributed by atoms with van der Waals surface area (Å²) in [5.74, 6) is -1.43. The Bertz CT molecular complexity index is 790. The number of ether oxygens (including phenoxy) is 1. The third-order valence-electron chi connectivity index (χ3n) is 3.09. The first kappa shape index (κ1) is 20.7. The van der Waals surface area contributed by atoms with Crippen LogP contribution in [0.2, 0.25) is 0 Å². The second-order valence-electron chi connectivity index (χ2n) is 5.20. The van der Waals surface area contributed by atoms with Gasteiger partial charge >= 0.3 is 21.5 Å². The highest BCUT2D eigenvalue weighted by atomic mass is 32.2. The Balaban J connectivity index is 3.54. The first-order valence-electron chi connectivity index (χ1n) is 6.88. The number of aryl methyl sites for hydroxylation is 2. The van der Waals surface area contributed by atoms with Crippen molar-refractivity contribution in [3.63, 3.8) is 0 Å². The molecule has 0 atom stereocenters. The largest absolute Gasteiger partial charge is 0.516 e. The van der Waals surface area contributed by atoms with Gasteiger partial charge in [-0.3, -0.25) is 9.59 Å². The first-order chi connectivity index (χ1) is 11.3. The molecule has 7 nitrogen and oxygen atoms in total. The van der Waals surface area contributed by atoms with Crippen molar-refractivity contribution in [2.45, 2.75) is 33.2 Å². The average Bonchev–Trinajstić information content (AvgIpc) is 2.41. The summed E-state index contributed by atoms with van der Waals surface area (Å²) in [6, 6.07) is 2.49. The molecule has 0 aliphatic rings.